The van der Waals surface area contributed by atoms with Gasteiger partial charge >= 0.3 is 0 Å². The van der Waals surface area contributed by atoms with Gasteiger partial charge in [-0.05, 0) is 44.5 Å². The summed E-state index contributed by atoms with van der Waals surface area (Å²) >= 11 is 0. The highest BCUT2D eigenvalue weighted by Crippen LogP contribution is 2.25. The summed E-state index contributed by atoms with van der Waals surface area (Å²) in [6.45, 7) is 6.17. The number of ether oxygens (including phenoxy) is 1. The van der Waals surface area contributed by atoms with Crippen molar-refractivity contribution in [2.45, 2.75) is 32.9 Å². The van der Waals surface area contributed by atoms with Gasteiger partial charge in [-0.2, -0.15) is 0 Å². The van der Waals surface area contributed by atoms with Crippen LogP contribution in [0.25, 0.3) is 0 Å². The predicted octanol–water partition coefficient (Wildman–Crippen LogP) is 3.96. The van der Waals surface area contributed by atoms with Crippen molar-refractivity contribution in [3.8, 4) is 5.75 Å². The lowest BCUT2D eigenvalue weighted by Gasteiger charge is -2.33. The number of amides is 1. The van der Waals surface area contributed by atoms with Crippen molar-refractivity contribution in [3.63, 3.8) is 0 Å². The second-order valence-corrected chi connectivity index (χ2v) is 7.27. The Hall–Kier alpha value is -2.33. The molecule has 3 rings (SSSR count). The van der Waals surface area contributed by atoms with E-state index in [1.54, 1.807) is 0 Å². The number of likely N-dealkylation sites (tertiary alicyclic amines) is 1. The van der Waals surface area contributed by atoms with Gasteiger partial charge in [0.15, 0.2) is 0 Å². The molecule has 0 aliphatic carbocycles. The molecule has 1 amide bonds. The Kier molecular flexibility index (Phi) is 6.88. The molecular weight excluding hydrogens is 336 g/mol. The van der Waals surface area contributed by atoms with Crippen molar-refractivity contribution in [2.24, 2.45) is 5.92 Å². The maximum Gasteiger partial charge on any atom is 0.225 e. The molecule has 2 aromatic carbocycles. The molecule has 27 heavy (non-hydrogen) atoms. The summed E-state index contributed by atoms with van der Waals surface area (Å²) < 4.78 is 5.74. The molecule has 144 valence electrons. The van der Waals surface area contributed by atoms with Crippen molar-refractivity contribution in [1.82, 2.24) is 9.80 Å². The first-order valence-corrected chi connectivity index (χ1v) is 9.89. The summed E-state index contributed by atoms with van der Waals surface area (Å²) in [5, 5.41) is 0. The van der Waals surface area contributed by atoms with E-state index in [1.165, 1.54) is 11.1 Å². The molecule has 1 aliphatic heterocycles. The molecule has 1 aliphatic rings. The first kappa shape index (κ1) is 19.4. The van der Waals surface area contributed by atoms with Crippen LogP contribution in [0, 0.1) is 5.92 Å². The number of piperidine rings is 1. The number of carbonyl (C=O) groups is 1. The third-order valence-corrected chi connectivity index (χ3v) is 5.24. The quantitative estimate of drug-likeness (QED) is 0.744. The molecule has 1 fully saturated rings. The average Bonchev–Trinajstić information content (AvgIpc) is 2.70. The maximum atomic E-state index is 12.8. The number of para-hydroxylation sites is 1. The van der Waals surface area contributed by atoms with E-state index in [9.17, 15) is 4.79 Å². The highest BCUT2D eigenvalue weighted by atomic mass is 16.5. The van der Waals surface area contributed by atoms with Gasteiger partial charge in [-0.3, -0.25) is 9.69 Å². The number of hydrogen-bond acceptors (Lipinski definition) is 3. The van der Waals surface area contributed by atoms with E-state index in [1.807, 2.05) is 49.2 Å². The van der Waals surface area contributed by atoms with E-state index in [0.717, 1.165) is 38.2 Å². The molecule has 0 bridgehead atoms. The van der Waals surface area contributed by atoms with E-state index >= 15 is 0 Å². The Morgan fingerprint density at radius 2 is 1.74 bits per heavy atom. The number of carbonyl (C=O) groups excluding carboxylic acids is 1. The third kappa shape index (κ3) is 5.33. The fourth-order valence-corrected chi connectivity index (χ4v) is 3.76. The van der Waals surface area contributed by atoms with Crippen LogP contribution in [0.5, 0.6) is 5.75 Å². The first-order valence-electron chi connectivity index (χ1n) is 9.89. The Balaban J connectivity index is 1.50. The Morgan fingerprint density at radius 1 is 1.07 bits per heavy atom. The van der Waals surface area contributed by atoms with Crippen molar-refractivity contribution < 1.29 is 9.53 Å². The van der Waals surface area contributed by atoms with Gasteiger partial charge in [0.2, 0.25) is 5.91 Å². The second-order valence-electron chi connectivity index (χ2n) is 7.27. The minimum Gasteiger partial charge on any atom is -0.494 e. The number of rotatable bonds is 7. The summed E-state index contributed by atoms with van der Waals surface area (Å²) in [5.74, 6) is 1.38. The molecule has 0 unspecified atom stereocenters. The van der Waals surface area contributed by atoms with Gasteiger partial charge in [0, 0.05) is 31.6 Å². The number of benzene rings is 2. The SMILES string of the molecule is CCOc1ccccc1CN1CCC(C(=O)N(C)Cc2ccccc2)CC1. The smallest absolute Gasteiger partial charge is 0.225 e. The zero-order chi connectivity index (χ0) is 19.1. The molecule has 0 N–H and O–H groups in total. The number of nitrogens with zero attached hydrogens (tertiary/aromatic N) is 2. The molecule has 0 radical (unpaired) electrons. The summed E-state index contributed by atoms with van der Waals surface area (Å²) in [7, 11) is 1.92. The Bertz CT molecular complexity index is 724. The fourth-order valence-electron chi connectivity index (χ4n) is 3.76. The van der Waals surface area contributed by atoms with E-state index in [4.69, 9.17) is 4.74 Å². The van der Waals surface area contributed by atoms with Gasteiger partial charge in [-0.1, -0.05) is 48.5 Å². The van der Waals surface area contributed by atoms with E-state index < -0.39 is 0 Å². The minimum absolute atomic E-state index is 0.136. The highest BCUT2D eigenvalue weighted by Gasteiger charge is 2.27. The maximum absolute atomic E-state index is 12.8. The van der Waals surface area contributed by atoms with Gasteiger partial charge in [0.25, 0.3) is 0 Å². The van der Waals surface area contributed by atoms with Crippen molar-refractivity contribution >= 4 is 5.91 Å². The van der Waals surface area contributed by atoms with Gasteiger partial charge in [0.05, 0.1) is 6.61 Å². The molecule has 4 heteroatoms. The van der Waals surface area contributed by atoms with E-state index in [-0.39, 0.29) is 11.8 Å². The largest absolute Gasteiger partial charge is 0.494 e. The van der Waals surface area contributed by atoms with Gasteiger partial charge in [-0.25, -0.2) is 0 Å². The molecule has 0 atom stereocenters. The van der Waals surface area contributed by atoms with Crippen LogP contribution in [0.4, 0.5) is 0 Å². The van der Waals surface area contributed by atoms with E-state index in [0.29, 0.717) is 13.2 Å². The molecule has 4 nitrogen and oxygen atoms in total. The zero-order valence-corrected chi connectivity index (χ0v) is 16.4. The predicted molar refractivity (Wildman–Crippen MR) is 109 cm³/mol. The Morgan fingerprint density at radius 3 is 2.44 bits per heavy atom. The molecule has 0 aromatic heterocycles. The summed E-state index contributed by atoms with van der Waals surface area (Å²) in [6, 6.07) is 18.4. The normalized spacial score (nSPS) is 15.5. The van der Waals surface area contributed by atoms with Crippen LogP contribution in [0.15, 0.2) is 54.6 Å². The fraction of sp³-hybridized carbons (Fsp3) is 0.435. The topological polar surface area (TPSA) is 32.8 Å². The Labute approximate surface area is 162 Å². The highest BCUT2D eigenvalue weighted by molar-refractivity contribution is 5.78. The summed E-state index contributed by atoms with van der Waals surface area (Å²) in [4.78, 5) is 17.1. The van der Waals surface area contributed by atoms with Gasteiger partial charge in [-0.15, -0.1) is 0 Å². The standard InChI is InChI=1S/C23H30N2O2/c1-3-27-22-12-8-7-11-21(22)18-25-15-13-20(14-16-25)23(26)24(2)17-19-9-5-4-6-10-19/h4-12,20H,3,13-18H2,1-2H3. The van der Waals surface area contributed by atoms with Gasteiger partial charge < -0.3 is 9.64 Å². The van der Waals surface area contributed by atoms with Crippen LogP contribution < -0.4 is 4.74 Å². The molecular formula is C23H30N2O2. The van der Waals surface area contributed by atoms with Crippen LogP contribution in [0.3, 0.4) is 0 Å². The van der Waals surface area contributed by atoms with Crippen LogP contribution in [-0.2, 0) is 17.9 Å². The van der Waals surface area contributed by atoms with Crippen molar-refractivity contribution in [2.75, 3.05) is 26.7 Å². The molecule has 2 aromatic rings. The monoisotopic (exact) mass is 366 g/mol. The van der Waals surface area contributed by atoms with Gasteiger partial charge in [0.1, 0.15) is 5.75 Å². The molecule has 0 spiro atoms. The van der Waals surface area contributed by atoms with Crippen LogP contribution >= 0.6 is 0 Å². The lowest BCUT2D eigenvalue weighted by molar-refractivity contribution is -0.136. The molecule has 1 saturated heterocycles. The average molecular weight is 367 g/mol. The van der Waals surface area contributed by atoms with Crippen LogP contribution in [0.1, 0.15) is 30.9 Å². The second kappa shape index (κ2) is 9.56. The van der Waals surface area contributed by atoms with Crippen LogP contribution in [0.2, 0.25) is 0 Å². The third-order valence-electron chi connectivity index (χ3n) is 5.24. The van der Waals surface area contributed by atoms with Crippen molar-refractivity contribution in [3.05, 3.63) is 65.7 Å². The lowest BCUT2D eigenvalue weighted by Crippen LogP contribution is -2.40. The zero-order valence-electron chi connectivity index (χ0n) is 16.4. The summed E-state index contributed by atoms with van der Waals surface area (Å²) in [6.07, 6.45) is 1.85. The van der Waals surface area contributed by atoms with Crippen molar-refractivity contribution in [1.29, 1.82) is 0 Å². The first-order chi connectivity index (χ1) is 13.2. The molecule has 1 heterocycles. The van der Waals surface area contributed by atoms with E-state index in [2.05, 4.69) is 29.2 Å². The number of hydrogen-bond donors (Lipinski definition) is 0. The van der Waals surface area contributed by atoms with Crippen LogP contribution in [-0.4, -0.2) is 42.5 Å². The summed E-state index contributed by atoms with van der Waals surface area (Å²) in [5.41, 5.74) is 2.41. The lowest BCUT2D eigenvalue weighted by atomic mass is 9.95. The minimum atomic E-state index is 0.136. The molecule has 0 saturated carbocycles.